The number of carboxylic acids is 2. The lowest BCUT2D eigenvalue weighted by Gasteiger charge is -2.55. The predicted octanol–water partition coefficient (Wildman–Crippen LogP) is 0.425. The number of fused-ring (bicyclic) bond motifs is 1. The number of carbonyl (C=O) groups is 4. The van der Waals surface area contributed by atoms with Gasteiger partial charge in [0.1, 0.15) is 17.1 Å². The standard InChI is InChI=1S/C18H27N3O7S2/c1-3-7-29-8-10-9-30-17-18(28-2,16(27)21(17)13(10)15(25)26)20-12(22)6-4-5-11(19)14(23)24/h11,17H,3-9,19H2,1-2H3,(H,20,22)(H,23,24)(H,25,26)/t11?,17-,18-/m0/s1. The van der Waals surface area contributed by atoms with Crippen molar-refractivity contribution in [3.63, 3.8) is 0 Å². The van der Waals surface area contributed by atoms with Crippen LogP contribution in [0.3, 0.4) is 0 Å². The number of hydrogen-bond acceptors (Lipinski definition) is 8. The van der Waals surface area contributed by atoms with Crippen molar-refractivity contribution in [2.75, 3.05) is 24.4 Å². The van der Waals surface area contributed by atoms with E-state index < -0.39 is 40.9 Å². The van der Waals surface area contributed by atoms with Gasteiger partial charge in [-0.05, 0) is 30.6 Å². The van der Waals surface area contributed by atoms with E-state index in [-0.39, 0.29) is 25.0 Å². The van der Waals surface area contributed by atoms with E-state index in [1.54, 1.807) is 11.8 Å². The lowest BCUT2D eigenvalue weighted by molar-refractivity contribution is -0.192. The molecule has 2 rings (SSSR count). The first-order valence-corrected chi connectivity index (χ1v) is 11.7. The van der Waals surface area contributed by atoms with E-state index in [9.17, 15) is 24.3 Å². The molecule has 0 saturated carbocycles. The first kappa shape index (κ1) is 24.5. The van der Waals surface area contributed by atoms with Gasteiger partial charge in [-0.25, -0.2) is 4.79 Å². The fourth-order valence-corrected chi connectivity index (χ4v) is 5.76. The zero-order valence-corrected chi connectivity index (χ0v) is 18.5. The van der Waals surface area contributed by atoms with Gasteiger partial charge in [-0.1, -0.05) is 6.92 Å². The number of nitrogens with two attached hydrogens (primary N) is 1. The maximum absolute atomic E-state index is 12.9. The topological polar surface area (TPSA) is 159 Å². The second-order valence-electron chi connectivity index (χ2n) is 6.97. The number of thioether (sulfide) groups is 2. The molecule has 0 aliphatic carbocycles. The monoisotopic (exact) mass is 461 g/mol. The van der Waals surface area contributed by atoms with Gasteiger partial charge in [-0.3, -0.25) is 19.3 Å². The Morgan fingerprint density at radius 1 is 1.43 bits per heavy atom. The SMILES string of the molecule is CCCSCC1=C(C(=O)O)N2C(=O)[C@](NC(=O)CCCC(N)C(=O)O)(OC)[C@@H]2SC1. The molecule has 3 atom stereocenters. The van der Waals surface area contributed by atoms with E-state index >= 15 is 0 Å². The summed E-state index contributed by atoms with van der Waals surface area (Å²) in [5, 5.41) is 20.4. The molecule has 2 heterocycles. The van der Waals surface area contributed by atoms with Crippen molar-refractivity contribution >= 4 is 47.3 Å². The van der Waals surface area contributed by atoms with Crippen molar-refractivity contribution in [3.8, 4) is 0 Å². The summed E-state index contributed by atoms with van der Waals surface area (Å²) >= 11 is 2.96. The average molecular weight is 462 g/mol. The van der Waals surface area contributed by atoms with Crippen LogP contribution in [0.25, 0.3) is 0 Å². The number of β-lactam (4-membered cyclic amide) rings is 1. The molecule has 0 bridgehead atoms. The third-order valence-electron chi connectivity index (χ3n) is 4.82. The smallest absolute Gasteiger partial charge is 0.352 e. The zero-order chi connectivity index (χ0) is 22.5. The third-order valence-corrected chi connectivity index (χ3v) is 7.44. The molecule has 2 aliphatic rings. The summed E-state index contributed by atoms with van der Waals surface area (Å²) in [5.74, 6) is -1.62. The molecule has 0 aromatic heterocycles. The Hall–Kier alpha value is -1.76. The molecule has 12 heteroatoms. The summed E-state index contributed by atoms with van der Waals surface area (Å²) in [4.78, 5) is 49.1. The highest BCUT2D eigenvalue weighted by Gasteiger charge is 2.66. The third kappa shape index (κ3) is 4.93. The molecule has 0 aromatic carbocycles. The summed E-state index contributed by atoms with van der Waals surface area (Å²) in [7, 11) is 1.28. The normalized spacial score (nSPS) is 24.2. The molecule has 0 spiro atoms. The summed E-state index contributed by atoms with van der Waals surface area (Å²) in [5.41, 5.74) is 4.42. The molecule has 1 saturated heterocycles. The van der Waals surface area contributed by atoms with Gasteiger partial charge in [0.05, 0.1) is 0 Å². The maximum Gasteiger partial charge on any atom is 0.352 e. The first-order valence-electron chi connectivity index (χ1n) is 9.52. The van der Waals surface area contributed by atoms with E-state index in [1.165, 1.54) is 23.8 Å². The highest BCUT2D eigenvalue weighted by atomic mass is 32.2. The van der Waals surface area contributed by atoms with Crippen molar-refractivity contribution < 1.29 is 34.1 Å². The summed E-state index contributed by atoms with van der Waals surface area (Å²) in [6.07, 6.45) is 1.28. The summed E-state index contributed by atoms with van der Waals surface area (Å²) < 4.78 is 5.37. The number of carboxylic acid groups (broad SMARTS) is 2. The second kappa shape index (κ2) is 10.5. The number of carbonyl (C=O) groups excluding carboxylic acids is 2. The predicted molar refractivity (Wildman–Crippen MR) is 113 cm³/mol. The van der Waals surface area contributed by atoms with Gasteiger partial charge in [-0.15, -0.1) is 11.8 Å². The first-order chi connectivity index (χ1) is 14.2. The minimum Gasteiger partial charge on any atom is -0.480 e. The fraction of sp³-hybridized carbons (Fsp3) is 0.667. The molecule has 2 aliphatic heterocycles. The Bertz CT molecular complexity index is 745. The van der Waals surface area contributed by atoms with Crippen LogP contribution in [0.5, 0.6) is 0 Å². The van der Waals surface area contributed by atoms with Gasteiger partial charge < -0.3 is 26.0 Å². The molecule has 30 heavy (non-hydrogen) atoms. The zero-order valence-electron chi connectivity index (χ0n) is 16.9. The number of rotatable bonds is 12. The van der Waals surface area contributed by atoms with Crippen LogP contribution in [-0.4, -0.2) is 80.4 Å². The van der Waals surface area contributed by atoms with Gasteiger partial charge in [0.15, 0.2) is 0 Å². The Morgan fingerprint density at radius 3 is 2.70 bits per heavy atom. The van der Waals surface area contributed by atoms with Crippen LogP contribution in [0.4, 0.5) is 0 Å². The van der Waals surface area contributed by atoms with E-state index in [1.807, 2.05) is 6.92 Å². The highest BCUT2D eigenvalue weighted by Crippen LogP contribution is 2.47. The molecule has 10 nitrogen and oxygen atoms in total. The van der Waals surface area contributed by atoms with E-state index in [2.05, 4.69) is 5.32 Å². The Kier molecular flexibility index (Phi) is 8.59. The summed E-state index contributed by atoms with van der Waals surface area (Å²) in [6.45, 7) is 2.04. The van der Waals surface area contributed by atoms with Crippen molar-refractivity contribution in [1.82, 2.24) is 10.2 Å². The van der Waals surface area contributed by atoms with Crippen LogP contribution >= 0.6 is 23.5 Å². The van der Waals surface area contributed by atoms with Gasteiger partial charge >= 0.3 is 11.9 Å². The largest absolute Gasteiger partial charge is 0.480 e. The molecular weight excluding hydrogens is 434 g/mol. The van der Waals surface area contributed by atoms with Gasteiger partial charge in [-0.2, -0.15) is 11.8 Å². The number of ether oxygens (including phenoxy) is 1. The molecule has 1 fully saturated rings. The lowest BCUT2D eigenvalue weighted by Crippen LogP contribution is -2.80. The van der Waals surface area contributed by atoms with Crippen LogP contribution in [0.2, 0.25) is 0 Å². The fourth-order valence-electron chi connectivity index (χ4n) is 3.27. The molecular formula is C18H27N3O7S2. The van der Waals surface area contributed by atoms with Crippen LogP contribution < -0.4 is 11.1 Å². The Morgan fingerprint density at radius 2 is 2.13 bits per heavy atom. The van der Waals surface area contributed by atoms with Crippen molar-refractivity contribution in [2.24, 2.45) is 5.73 Å². The van der Waals surface area contributed by atoms with Crippen molar-refractivity contribution in [1.29, 1.82) is 0 Å². The van der Waals surface area contributed by atoms with Crippen LogP contribution in [0.15, 0.2) is 11.3 Å². The van der Waals surface area contributed by atoms with Gasteiger partial charge in [0, 0.05) is 25.0 Å². The molecule has 2 amide bonds. The summed E-state index contributed by atoms with van der Waals surface area (Å²) in [6, 6.07) is -1.06. The number of hydrogen-bond donors (Lipinski definition) is 4. The van der Waals surface area contributed by atoms with Gasteiger partial charge in [0.25, 0.3) is 11.6 Å². The molecule has 0 aromatic rings. The quantitative estimate of drug-likeness (QED) is 0.182. The minimum atomic E-state index is -1.64. The van der Waals surface area contributed by atoms with Crippen LogP contribution in [-0.2, 0) is 23.9 Å². The lowest BCUT2D eigenvalue weighted by atomic mass is 9.98. The van der Waals surface area contributed by atoms with E-state index in [0.29, 0.717) is 17.1 Å². The highest BCUT2D eigenvalue weighted by molar-refractivity contribution is 8.01. The number of amides is 2. The Labute approximate surface area is 182 Å². The molecule has 5 N–H and O–H groups in total. The minimum absolute atomic E-state index is 0.0305. The van der Waals surface area contributed by atoms with Crippen molar-refractivity contribution in [2.45, 2.75) is 49.7 Å². The second-order valence-corrected chi connectivity index (χ2v) is 9.15. The molecule has 168 valence electrons. The van der Waals surface area contributed by atoms with E-state index in [0.717, 1.165) is 12.2 Å². The maximum atomic E-state index is 12.9. The van der Waals surface area contributed by atoms with Crippen LogP contribution in [0, 0.1) is 0 Å². The van der Waals surface area contributed by atoms with Crippen molar-refractivity contribution in [3.05, 3.63) is 11.3 Å². The number of nitrogens with zero attached hydrogens (tertiary/aromatic N) is 1. The number of aliphatic carboxylic acids is 2. The molecule has 0 radical (unpaired) electrons. The van der Waals surface area contributed by atoms with E-state index in [4.69, 9.17) is 15.6 Å². The Balaban J connectivity index is 2.08. The number of methoxy groups -OCH3 is 1. The number of nitrogens with one attached hydrogen (secondary N) is 1. The average Bonchev–Trinajstić information content (AvgIpc) is 2.70. The van der Waals surface area contributed by atoms with Gasteiger partial charge in [0.2, 0.25) is 5.91 Å². The van der Waals surface area contributed by atoms with Crippen LogP contribution in [0.1, 0.15) is 32.6 Å². The molecule has 1 unspecified atom stereocenters.